The van der Waals surface area contributed by atoms with Crippen LogP contribution in [-0.4, -0.2) is 11.2 Å². The Balaban J connectivity index is 1.93. The van der Waals surface area contributed by atoms with Crippen LogP contribution in [0.4, 0.5) is 0 Å². The highest BCUT2D eigenvalue weighted by Crippen LogP contribution is 2.26. The molecule has 2 nitrogen and oxygen atoms in total. The minimum atomic E-state index is 0.114. The van der Waals surface area contributed by atoms with Gasteiger partial charge in [0.25, 0.3) is 0 Å². The molecule has 1 heterocycles. The Labute approximate surface area is 118 Å². The van der Waals surface area contributed by atoms with Gasteiger partial charge in [-0.2, -0.15) is 0 Å². The normalized spacial score (nSPS) is 12.8. The number of aromatic nitrogens is 1. The van der Waals surface area contributed by atoms with Crippen LogP contribution in [0.5, 0.6) is 0 Å². The van der Waals surface area contributed by atoms with Crippen molar-refractivity contribution >= 4 is 17.0 Å². The third kappa shape index (κ3) is 2.59. The summed E-state index contributed by atoms with van der Waals surface area (Å²) in [4.78, 5) is 8.88. The van der Waals surface area contributed by atoms with Gasteiger partial charge in [-0.15, -0.1) is 0 Å². The van der Waals surface area contributed by atoms with E-state index in [2.05, 4.69) is 59.4 Å². The maximum atomic E-state index is 4.63. The number of benzene rings is 2. The fraction of sp³-hybridized carbons (Fsp3) is 0.111. The van der Waals surface area contributed by atoms with Gasteiger partial charge >= 0.3 is 0 Å². The third-order valence-electron chi connectivity index (χ3n) is 3.39. The molecule has 2 aromatic carbocycles. The smallest absolute Gasteiger partial charge is 0.0808 e. The van der Waals surface area contributed by atoms with E-state index in [1.807, 2.05) is 24.4 Å². The van der Waals surface area contributed by atoms with Crippen LogP contribution < -0.4 is 0 Å². The molecule has 0 saturated carbocycles. The van der Waals surface area contributed by atoms with Crippen molar-refractivity contribution in [3.63, 3.8) is 0 Å². The zero-order valence-electron chi connectivity index (χ0n) is 11.4. The predicted molar refractivity (Wildman–Crippen MR) is 84.2 cm³/mol. The lowest BCUT2D eigenvalue weighted by molar-refractivity contribution is 0.833. The Morgan fingerprint density at radius 3 is 2.60 bits per heavy atom. The Bertz CT molecular complexity index is 727. The monoisotopic (exact) mass is 260 g/mol. The van der Waals surface area contributed by atoms with Gasteiger partial charge in [-0.25, -0.2) is 0 Å². The van der Waals surface area contributed by atoms with Crippen LogP contribution in [0, 0.1) is 0 Å². The number of aliphatic imine (C=N–C) groups is 1. The fourth-order valence-corrected chi connectivity index (χ4v) is 2.34. The lowest BCUT2D eigenvalue weighted by Gasteiger charge is -2.10. The first-order chi connectivity index (χ1) is 9.84. The number of hydrogen-bond acceptors (Lipinski definition) is 2. The maximum absolute atomic E-state index is 4.63. The highest BCUT2D eigenvalue weighted by Gasteiger charge is 2.06. The first-order valence-electron chi connectivity index (χ1n) is 6.76. The van der Waals surface area contributed by atoms with Crippen molar-refractivity contribution in [3.8, 4) is 0 Å². The van der Waals surface area contributed by atoms with Gasteiger partial charge in [0.2, 0.25) is 0 Å². The summed E-state index contributed by atoms with van der Waals surface area (Å²) in [5.74, 6) is 0. The van der Waals surface area contributed by atoms with E-state index in [-0.39, 0.29) is 6.04 Å². The van der Waals surface area contributed by atoms with Crippen molar-refractivity contribution in [1.29, 1.82) is 0 Å². The van der Waals surface area contributed by atoms with Gasteiger partial charge in [-0.05, 0) is 35.4 Å². The van der Waals surface area contributed by atoms with Crippen LogP contribution in [0.15, 0.2) is 71.9 Å². The summed E-state index contributed by atoms with van der Waals surface area (Å²) in [6.07, 6.45) is 3.62. The number of hydrogen-bond donors (Lipinski definition) is 0. The Morgan fingerprint density at radius 2 is 1.75 bits per heavy atom. The fourth-order valence-electron chi connectivity index (χ4n) is 2.34. The summed E-state index contributed by atoms with van der Waals surface area (Å²) in [6, 6.07) is 20.7. The maximum Gasteiger partial charge on any atom is 0.0808 e. The molecule has 0 unspecified atom stereocenters. The number of fused-ring (bicyclic) bond motifs is 1. The standard InChI is InChI=1S/C18H16N2/c1-14(20-13-16-9-4-5-12-19-16)17-11-6-8-15-7-2-3-10-18(15)17/h2-14H,1H3/t14-/m0/s1. The van der Waals surface area contributed by atoms with E-state index in [4.69, 9.17) is 0 Å². The molecule has 0 amide bonds. The number of pyridine rings is 1. The zero-order valence-corrected chi connectivity index (χ0v) is 11.4. The molecule has 0 spiro atoms. The van der Waals surface area contributed by atoms with Crippen molar-refractivity contribution in [2.24, 2.45) is 4.99 Å². The third-order valence-corrected chi connectivity index (χ3v) is 3.39. The summed E-state index contributed by atoms with van der Waals surface area (Å²) >= 11 is 0. The van der Waals surface area contributed by atoms with Crippen molar-refractivity contribution < 1.29 is 0 Å². The summed E-state index contributed by atoms with van der Waals surface area (Å²) in [5, 5.41) is 2.52. The van der Waals surface area contributed by atoms with E-state index in [1.54, 1.807) is 6.20 Å². The SMILES string of the molecule is C[C@H](N=Cc1ccccn1)c1cccc2ccccc12. The molecule has 0 radical (unpaired) electrons. The molecule has 1 atom stereocenters. The topological polar surface area (TPSA) is 25.2 Å². The van der Waals surface area contributed by atoms with E-state index in [9.17, 15) is 0 Å². The molecule has 1 aromatic heterocycles. The first kappa shape index (κ1) is 12.5. The second-order valence-corrected chi connectivity index (χ2v) is 4.78. The van der Waals surface area contributed by atoms with E-state index in [1.165, 1.54) is 16.3 Å². The van der Waals surface area contributed by atoms with E-state index < -0.39 is 0 Å². The van der Waals surface area contributed by atoms with E-state index in [0.29, 0.717) is 0 Å². The molecule has 0 N–H and O–H groups in total. The lowest BCUT2D eigenvalue weighted by atomic mass is 10.00. The summed E-state index contributed by atoms with van der Waals surface area (Å²) in [6.45, 7) is 2.11. The van der Waals surface area contributed by atoms with Crippen LogP contribution in [-0.2, 0) is 0 Å². The van der Waals surface area contributed by atoms with Crippen molar-refractivity contribution in [2.45, 2.75) is 13.0 Å². The summed E-state index contributed by atoms with van der Waals surface area (Å²) in [5.41, 5.74) is 2.13. The van der Waals surface area contributed by atoms with Gasteiger partial charge < -0.3 is 0 Å². The Morgan fingerprint density at radius 1 is 0.950 bits per heavy atom. The zero-order chi connectivity index (χ0) is 13.8. The molecule has 0 saturated heterocycles. The molecular formula is C18H16N2. The molecule has 2 heteroatoms. The molecule has 20 heavy (non-hydrogen) atoms. The highest BCUT2D eigenvalue weighted by molar-refractivity contribution is 5.86. The second-order valence-electron chi connectivity index (χ2n) is 4.78. The first-order valence-corrected chi connectivity index (χ1v) is 6.76. The largest absolute Gasteiger partial charge is 0.283 e. The molecule has 3 rings (SSSR count). The molecule has 3 aromatic rings. The molecule has 0 aliphatic heterocycles. The highest BCUT2D eigenvalue weighted by atomic mass is 14.8. The Kier molecular flexibility index (Phi) is 3.55. The molecule has 98 valence electrons. The van der Waals surface area contributed by atoms with E-state index in [0.717, 1.165) is 5.69 Å². The van der Waals surface area contributed by atoms with Gasteiger partial charge in [-0.1, -0.05) is 48.5 Å². The Hall–Kier alpha value is -2.48. The van der Waals surface area contributed by atoms with Crippen LogP contribution in [0.1, 0.15) is 24.2 Å². The van der Waals surface area contributed by atoms with Gasteiger partial charge in [0.15, 0.2) is 0 Å². The molecule has 0 fully saturated rings. The predicted octanol–water partition coefficient (Wildman–Crippen LogP) is 4.41. The molecule has 0 bridgehead atoms. The average Bonchev–Trinajstić information content (AvgIpc) is 2.53. The lowest BCUT2D eigenvalue weighted by Crippen LogP contribution is -1.93. The van der Waals surface area contributed by atoms with Gasteiger partial charge in [0, 0.05) is 12.4 Å². The van der Waals surface area contributed by atoms with E-state index >= 15 is 0 Å². The van der Waals surface area contributed by atoms with Crippen LogP contribution in [0.2, 0.25) is 0 Å². The summed E-state index contributed by atoms with van der Waals surface area (Å²) in [7, 11) is 0. The van der Waals surface area contributed by atoms with Crippen LogP contribution >= 0.6 is 0 Å². The van der Waals surface area contributed by atoms with Crippen molar-refractivity contribution in [2.75, 3.05) is 0 Å². The van der Waals surface area contributed by atoms with Crippen LogP contribution in [0.3, 0.4) is 0 Å². The number of nitrogens with zero attached hydrogens (tertiary/aromatic N) is 2. The molecule has 0 aliphatic rings. The quantitative estimate of drug-likeness (QED) is 0.640. The average molecular weight is 260 g/mol. The van der Waals surface area contributed by atoms with Crippen molar-refractivity contribution in [1.82, 2.24) is 4.98 Å². The van der Waals surface area contributed by atoms with Gasteiger partial charge in [0.05, 0.1) is 11.7 Å². The molecule has 0 aliphatic carbocycles. The van der Waals surface area contributed by atoms with Gasteiger partial charge in [0.1, 0.15) is 0 Å². The molecular weight excluding hydrogens is 244 g/mol. The summed E-state index contributed by atoms with van der Waals surface area (Å²) < 4.78 is 0. The minimum absolute atomic E-state index is 0.114. The second kappa shape index (κ2) is 5.66. The minimum Gasteiger partial charge on any atom is -0.283 e. The van der Waals surface area contributed by atoms with Crippen molar-refractivity contribution in [3.05, 3.63) is 78.1 Å². The number of rotatable bonds is 3. The van der Waals surface area contributed by atoms with Gasteiger partial charge in [-0.3, -0.25) is 9.98 Å². The van der Waals surface area contributed by atoms with Crippen LogP contribution in [0.25, 0.3) is 10.8 Å².